The van der Waals surface area contributed by atoms with Gasteiger partial charge in [-0.1, -0.05) is 60.7 Å². The van der Waals surface area contributed by atoms with Gasteiger partial charge >= 0.3 is 11.2 Å². The number of carbonyl (C=O) groups is 1. The molecule has 0 aliphatic carbocycles. The van der Waals surface area contributed by atoms with Crippen LogP contribution >= 0.6 is 12.2 Å². The van der Waals surface area contributed by atoms with Gasteiger partial charge in [-0.25, -0.2) is 4.79 Å². The fourth-order valence-electron chi connectivity index (χ4n) is 3.50. The molecule has 1 heterocycles. The zero-order valence-electron chi connectivity index (χ0n) is 18.1. The highest BCUT2D eigenvalue weighted by Crippen LogP contribution is 2.26. The Morgan fingerprint density at radius 1 is 0.939 bits per heavy atom. The van der Waals surface area contributed by atoms with E-state index in [-0.39, 0.29) is 11.8 Å². The Kier molecular flexibility index (Phi) is 7.67. The number of ether oxygens (including phenoxy) is 5. The summed E-state index contributed by atoms with van der Waals surface area (Å²) in [4.78, 5) is 12.6. The SMILES string of the molecule is CO[C@H]1C[C@H](OC(=S)Oc2ccccc2)[C@@H](COC(=O)c2ccc(-c3ccccc3)cc2)O1. The topological polar surface area (TPSA) is 63.2 Å². The summed E-state index contributed by atoms with van der Waals surface area (Å²) in [5.74, 6) is 0.132. The molecule has 0 spiro atoms. The van der Waals surface area contributed by atoms with Crippen LogP contribution in [-0.4, -0.2) is 43.4 Å². The summed E-state index contributed by atoms with van der Waals surface area (Å²) in [6.45, 7) is -0.00224. The summed E-state index contributed by atoms with van der Waals surface area (Å²) in [6, 6.07) is 26.3. The van der Waals surface area contributed by atoms with Gasteiger partial charge in [0.25, 0.3) is 0 Å². The Hall–Kier alpha value is -3.26. The maximum atomic E-state index is 12.6. The summed E-state index contributed by atoms with van der Waals surface area (Å²) in [5, 5.41) is -0.0284. The number of carbonyl (C=O) groups excluding carboxylic acids is 1. The Bertz CT molecular complexity index is 1060. The van der Waals surface area contributed by atoms with Crippen LogP contribution in [0.25, 0.3) is 11.1 Å². The van der Waals surface area contributed by atoms with Crippen molar-refractivity contribution in [1.82, 2.24) is 0 Å². The van der Waals surface area contributed by atoms with Crippen molar-refractivity contribution in [3.05, 3.63) is 90.5 Å². The maximum absolute atomic E-state index is 12.6. The molecule has 1 aliphatic rings. The van der Waals surface area contributed by atoms with E-state index in [1.54, 1.807) is 31.4 Å². The van der Waals surface area contributed by atoms with Crippen LogP contribution in [0.2, 0.25) is 0 Å². The highest BCUT2D eigenvalue weighted by Gasteiger charge is 2.39. The first kappa shape index (κ1) is 22.9. The van der Waals surface area contributed by atoms with Gasteiger partial charge < -0.3 is 23.7 Å². The molecule has 0 aromatic heterocycles. The lowest BCUT2D eigenvalue weighted by atomic mass is 10.0. The minimum atomic E-state index is -0.542. The van der Waals surface area contributed by atoms with E-state index >= 15 is 0 Å². The van der Waals surface area contributed by atoms with E-state index in [2.05, 4.69) is 0 Å². The van der Waals surface area contributed by atoms with Gasteiger partial charge in [0.15, 0.2) is 6.29 Å². The van der Waals surface area contributed by atoms with Gasteiger partial charge in [0.2, 0.25) is 0 Å². The zero-order valence-corrected chi connectivity index (χ0v) is 18.9. The lowest BCUT2D eigenvalue weighted by Gasteiger charge is -2.19. The van der Waals surface area contributed by atoms with Crippen LogP contribution in [0.4, 0.5) is 0 Å². The quantitative estimate of drug-likeness (QED) is 0.359. The Labute approximate surface area is 198 Å². The summed E-state index contributed by atoms with van der Waals surface area (Å²) in [6.07, 6.45) is -1.06. The molecule has 4 rings (SSSR count). The number of thiocarbonyl (C=S) groups is 1. The Morgan fingerprint density at radius 2 is 1.58 bits per heavy atom. The molecule has 0 bridgehead atoms. The number of hydrogen-bond acceptors (Lipinski definition) is 7. The Morgan fingerprint density at radius 3 is 2.24 bits per heavy atom. The largest absolute Gasteiger partial charge is 0.459 e. The standard InChI is InChI=1S/C26H24O6S/c1-28-24-16-22(32-26(33)30-21-10-6-3-7-11-21)23(31-24)17-29-25(27)20-14-12-19(13-15-20)18-8-4-2-5-9-18/h2-15,22-24H,16-17H2,1H3/t22-,23+,24+/m0/s1. The molecule has 170 valence electrons. The summed E-state index contributed by atoms with van der Waals surface area (Å²) in [5.41, 5.74) is 2.56. The van der Waals surface area contributed by atoms with Gasteiger partial charge in [-0.05, 0) is 35.4 Å². The first-order chi connectivity index (χ1) is 16.1. The van der Waals surface area contributed by atoms with Crippen molar-refractivity contribution in [3.8, 4) is 16.9 Å². The summed E-state index contributed by atoms with van der Waals surface area (Å²) in [7, 11) is 1.54. The van der Waals surface area contributed by atoms with E-state index in [1.165, 1.54) is 0 Å². The van der Waals surface area contributed by atoms with Gasteiger partial charge in [0.05, 0.1) is 5.56 Å². The van der Waals surface area contributed by atoms with Crippen LogP contribution in [0.5, 0.6) is 5.75 Å². The van der Waals surface area contributed by atoms with Crippen LogP contribution < -0.4 is 4.74 Å². The first-order valence-corrected chi connectivity index (χ1v) is 11.0. The molecular formula is C26H24O6S. The van der Waals surface area contributed by atoms with Crippen molar-refractivity contribution >= 4 is 23.4 Å². The van der Waals surface area contributed by atoms with Crippen molar-refractivity contribution in [2.24, 2.45) is 0 Å². The molecular weight excluding hydrogens is 440 g/mol. The van der Waals surface area contributed by atoms with E-state index < -0.39 is 24.5 Å². The fourth-order valence-corrected chi connectivity index (χ4v) is 3.72. The molecule has 1 aliphatic heterocycles. The van der Waals surface area contributed by atoms with Gasteiger partial charge in [0, 0.05) is 25.7 Å². The summed E-state index contributed by atoms with van der Waals surface area (Å²) >= 11 is 5.22. The maximum Gasteiger partial charge on any atom is 0.358 e. The van der Waals surface area contributed by atoms with Gasteiger partial charge in [-0.2, -0.15) is 0 Å². The third-order valence-electron chi connectivity index (χ3n) is 5.23. The molecule has 0 saturated carbocycles. The van der Waals surface area contributed by atoms with E-state index in [4.69, 9.17) is 35.9 Å². The second-order valence-corrected chi connectivity index (χ2v) is 7.77. The van der Waals surface area contributed by atoms with Crippen LogP contribution in [0.15, 0.2) is 84.9 Å². The summed E-state index contributed by atoms with van der Waals surface area (Å²) < 4.78 is 27.9. The highest BCUT2D eigenvalue weighted by molar-refractivity contribution is 7.79. The second kappa shape index (κ2) is 11.0. The van der Waals surface area contributed by atoms with Crippen molar-refractivity contribution in [2.75, 3.05) is 13.7 Å². The smallest absolute Gasteiger partial charge is 0.358 e. The monoisotopic (exact) mass is 464 g/mol. The molecule has 3 aromatic rings. The fraction of sp³-hybridized carbons (Fsp3) is 0.231. The molecule has 6 nitrogen and oxygen atoms in total. The van der Waals surface area contributed by atoms with Gasteiger partial charge in [0.1, 0.15) is 24.6 Å². The van der Waals surface area contributed by atoms with E-state index in [0.29, 0.717) is 17.7 Å². The van der Waals surface area contributed by atoms with Gasteiger partial charge in [-0.15, -0.1) is 0 Å². The third kappa shape index (κ3) is 6.16. The lowest BCUT2D eigenvalue weighted by molar-refractivity contribution is -0.127. The van der Waals surface area contributed by atoms with Crippen LogP contribution in [0.1, 0.15) is 16.8 Å². The minimum absolute atomic E-state index is 0.00224. The molecule has 33 heavy (non-hydrogen) atoms. The van der Waals surface area contributed by atoms with Crippen LogP contribution in [0, 0.1) is 0 Å². The van der Waals surface area contributed by atoms with Crippen LogP contribution in [0.3, 0.4) is 0 Å². The zero-order chi connectivity index (χ0) is 23.0. The molecule has 3 atom stereocenters. The molecule has 0 amide bonds. The first-order valence-electron chi connectivity index (χ1n) is 10.6. The van der Waals surface area contributed by atoms with Crippen molar-refractivity contribution in [1.29, 1.82) is 0 Å². The number of para-hydroxylation sites is 1. The number of methoxy groups -OCH3 is 1. The molecule has 0 unspecified atom stereocenters. The predicted molar refractivity (Wildman–Crippen MR) is 127 cm³/mol. The molecule has 0 N–H and O–H groups in total. The predicted octanol–water partition coefficient (Wildman–Crippen LogP) is 5.02. The molecule has 0 radical (unpaired) electrons. The van der Waals surface area contributed by atoms with E-state index in [9.17, 15) is 4.79 Å². The molecule has 3 aromatic carbocycles. The van der Waals surface area contributed by atoms with Crippen molar-refractivity contribution in [2.45, 2.75) is 24.9 Å². The van der Waals surface area contributed by atoms with Gasteiger partial charge in [-0.3, -0.25) is 0 Å². The lowest BCUT2D eigenvalue weighted by Crippen LogP contribution is -2.33. The van der Waals surface area contributed by atoms with E-state index in [0.717, 1.165) is 11.1 Å². The molecule has 1 saturated heterocycles. The molecule has 1 fully saturated rings. The minimum Gasteiger partial charge on any atom is -0.459 e. The second-order valence-electron chi connectivity index (χ2n) is 7.44. The normalized spacial score (nSPS) is 19.6. The number of hydrogen-bond donors (Lipinski definition) is 0. The number of esters is 1. The van der Waals surface area contributed by atoms with Crippen molar-refractivity contribution < 1.29 is 28.5 Å². The average molecular weight is 465 g/mol. The Balaban J connectivity index is 1.33. The molecule has 7 heteroatoms. The number of benzene rings is 3. The number of rotatable bonds is 7. The third-order valence-corrected chi connectivity index (χ3v) is 5.41. The van der Waals surface area contributed by atoms with Crippen molar-refractivity contribution in [3.63, 3.8) is 0 Å². The highest BCUT2D eigenvalue weighted by atomic mass is 32.1. The van der Waals surface area contributed by atoms with Crippen LogP contribution in [-0.2, 0) is 18.9 Å². The average Bonchev–Trinajstić information content (AvgIpc) is 3.25. The van der Waals surface area contributed by atoms with E-state index in [1.807, 2.05) is 60.7 Å².